The molecule has 100 valence electrons. The average Bonchev–Trinajstić information content (AvgIpc) is 2.33. The zero-order chi connectivity index (χ0) is 13.2. The van der Waals surface area contributed by atoms with Gasteiger partial charge < -0.3 is 5.73 Å². The summed E-state index contributed by atoms with van der Waals surface area (Å²) in [5, 5.41) is 0. The van der Waals surface area contributed by atoms with Gasteiger partial charge >= 0.3 is 0 Å². The lowest BCUT2D eigenvalue weighted by atomic mass is 9.96. The minimum Gasteiger partial charge on any atom is -0.398 e. The third kappa shape index (κ3) is 3.00. The molecule has 4 nitrogen and oxygen atoms in total. The molecule has 1 aliphatic carbocycles. The zero-order valence-corrected chi connectivity index (χ0v) is 10.8. The van der Waals surface area contributed by atoms with E-state index in [0.717, 1.165) is 44.2 Å². The molecule has 2 rings (SSSR count). The van der Waals surface area contributed by atoms with Gasteiger partial charge in [0.05, 0.1) is 5.69 Å². The lowest BCUT2D eigenvalue weighted by molar-refractivity contribution is 0.412. The van der Waals surface area contributed by atoms with Crippen molar-refractivity contribution in [2.45, 2.75) is 43.0 Å². The molecule has 0 atom stereocenters. The number of nitrogens with two attached hydrogens (primary N) is 1. The summed E-state index contributed by atoms with van der Waals surface area (Å²) in [7, 11) is -3.73. The smallest absolute Gasteiger partial charge is 0.242 e. The van der Waals surface area contributed by atoms with Crippen LogP contribution in [-0.2, 0) is 10.0 Å². The number of anilines is 1. The fraction of sp³-hybridized carbons (Fsp3) is 0.500. The summed E-state index contributed by atoms with van der Waals surface area (Å²) in [6.45, 7) is 0. The highest BCUT2D eigenvalue weighted by Gasteiger charge is 2.23. The second kappa shape index (κ2) is 5.24. The van der Waals surface area contributed by atoms with Crippen LogP contribution in [0.1, 0.15) is 32.1 Å². The maximum atomic E-state index is 13.1. The predicted octanol–water partition coefficient (Wildman–Crippen LogP) is 2.02. The number of hydrogen-bond acceptors (Lipinski definition) is 3. The molecule has 1 aliphatic rings. The fourth-order valence-corrected chi connectivity index (χ4v) is 3.69. The molecule has 0 saturated heterocycles. The summed E-state index contributed by atoms with van der Waals surface area (Å²) in [6.07, 6.45) is 4.83. The van der Waals surface area contributed by atoms with Crippen molar-refractivity contribution >= 4 is 15.7 Å². The topological polar surface area (TPSA) is 72.2 Å². The van der Waals surface area contributed by atoms with Gasteiger partial charge in [-0.3, -0.25) is 0 Å². The Morgan fingerprint density at radius 3 is 2.56 bits per heavy atom. The molecule has 0 aromatic heterocycles. The van der Waals surface area contributed by atoms with E-state index in [4.69, 9.17) is 5.73 Å². The molecule has 6 heteroatoms. The lowest BCUT2D eigenvalue weighted by Crippen LogP contribution is -2.36. The average molecular weight is 272 g/mol. The zero-order valence-electron chi connectivity index (χ0n) is 10.0. The van der Waals surface area contributed by atoms with Crippen LogP contribution in [0.4, 0.5) is 10.1 Å². The van der Waals surface area contributed by atoms with E-state index < -0.39 is 15.8 Å². The second-order valence-corrected chi connectivity index (χ2v) is 6.32. The van der Waals surface area contributed by atoms with E-state index in [1.807, 2.05) is 0 Å². The third-order valence-corrected chi connectivity index (χ3v) is 4.77. The van der Waals surface area contributed by atoms with Crippen molar-refractivity contribution in [3.63, 3.8) is 0 Å². The van der Waals surface area contributed by atoms with Gasteiger partial charge in [-0.05, 0) is 31.0 Å². The highest BCUT2D eigenvalue weighted by molar-refractivity contribution is 7.89. The lowest BCUT2D eigenvalue weighted by Gasteiger charge is -2.22. The predicted molar refractivity (Wildman–Crippen MR) is 68.0 cm³/mol. The van der Waals surface area contributed by atoms with Crippen LogP contribution in [0.3, 0.4) is 0 Å². The van der Waals surface area contributed by atoms with Crippen LogP contribution < -0.4 is 10.5 Å². The van der Waals surface area contributed by atoms with Crippen LogP contribution in [0.2, 0.25) is 0 Å². The minimum absolute atomic E-state index is 0.0635. The van der Waals surface area contributed by atoms with Crippen molar-refractivity contribution in [2.24, 2.45) is 0 Å². The van der Waals surface area contributed by atoms with Crippen molar-refractivity contribution in [1.29, 1.82) is 0 Å². The van der Waals surface area contributed by atoms with Gasteiger partial charge in [0.2, 0.25) is 10.0 Å². The summed E-state index contributed by atoms with van der Waals surface area (Å²) in [4.78, 5) is -0.173. The van der Waals surface area contributed by atoms with Gasteiger partial charge in [-0.25, -0.2) is 17.5 Å². The molecule has 18 heavy (non-hydrogen) atoms. The molecule has 0 aliphatic heterocycles. The van der Waals surface area contributed by atoms with E-state index >= 15 is 0 Å². The third-order valence-electron chi connectivity index (χ3n) is 3.19. The van der Waals surface area contributed by atoms with Gasteiger partial charge in [0.25, 0.3) is 0 Å². The maximum Gasteiger partial charge on any atom is 0.242 e. The number of nitrogens with one attached hydrogen (secondary N) is 1. The van der Waals surface area contributed by atoms with Crippen molar-refractivity contribution in [3.05, 3.63) is 24.0 Å². The maximum absolute atomic E-state index is 13.1. The van der Waals surface area contributed by atoms with Gasteiger partial charge in [-0.2, -0.15) is 0 Å². The highest BCUT2D eigenvalue weighted by Crippen LogP contribution is 2.23. The Bertz CT molecular complexity index is 525. The van der Waals surface area contributed by atoms with Crippen molar-refractivity contribution < 1.29 is 12.8 Å². The molecular weight excluding hydrogens is 255 g/mol. The van der Waals surface area contributed by atoms with E-state index in [-0.39, 0.29) is 16.6 Å². The number of sulfonamides is 1. The van der Waals surface area contributed by atoms with Gasteiger partial charge in [0.1, 0.15) is 10.7 Å². The van der Waals surface area contributed by atoms with Crippen LogP contribution >= 0.6 is 0 Å². The monoisotopic (exact) mass is 272 g/mol. The van der Waals surface area contributed by atoms with E-state index in [1.54, 1.807) is 0 Å². The standard InChI is InChI=1S/C12H17FN2O2S/c13-9-6-7-11(14)12(8-9)18(16,17)15-10-4-2-1-3-5-10/h6-8,10,15H,1-5,14H2. The van der Waals surface area contributed by atoms with Crippen LogP contribution in [0, 0.1) is 5.82 Å². The molecule has 0 spiro atoms. The molecule has 1 saturated carbocycles. The van der Waals surface area contributed by atoms with Gasteiger partial charge in [-0.1, -0.05) is 19.3 Å². The van der Waals surface area contributed by atoms with E-state index in [0.29, 0.717) is 0 Å². The Hall–Kier alpha value is -1.14. The molecule has 0 bridgehead atoms. The first kappa shape index (κ1) is 13.3. The molecular formula is C12H17FN2O2S. The summed E-state index contributed by atoms with van der Waals surface area (Å²) in [5.41, 5.74) is 5.66. The first-order chi connectivity index (χ1) is 8.49. The van der Waals surface area contributed by atoms with Crippen LogP contribution in [-0.4, -0.2) is 14.5 Å². The first-order valence-corrected chi connectivity index (χ1v) is 7.55. The summed E-state index contributed by atoms with van der Waals surface area (Å²) >= 11 is 0. The van der Waals surface area contributed by atoms with Crippen LogP contribution in [0.15, 0.2) is 23.1 Å². The van der Waals surface area contributed by atoms with Crippen LogP contribution in [0.25, 0.3) is 0 Å². The van der Waals surface area contributed by atoms with E-state index in [2.05, 4.69) is 4.72 Å². The Morgan fingerprint density at radius 2 is 1.89 bits per heavy atom. The Labute approximate surface area is 106 Å². The van der Waals surface area contributed by atoms with E-state index in [1.165, 1.54) is 6.07 Å². The van der Waals surface area contributed by atoms with Gasteiger partial charge in [0, 0.05) is 6.04 Å². The first-order valence-electron chi connectivity index (χ1n) is 6.06. The highest BCUT2D eigenvalue weighted by atomic mass is 32.2. The summed E-state index contributed by atoms with van der Waals surface area (Å²) < 4.78 is 39.9. The number of halogens is 1. The number of nitrogen functional groups attached to an aromatic ring is 1. The normalized spacial score (nSPS) is 17.8. The quantitative estimate of drug-likeness (QED) is 0.827. The molecule has 1 aromatic carbocycles. The number of benzene rings is 1. The Kier molecular flexibility index (Phi) is 3.87. The van der Waals surface area contributed by atoms with Crippen molar-refractivity contribution in [1.82, 2.24) is 4.72 Å². The number of hydrogen-bond donors (Lipinski definition) is 2. The molecule has 1 aromatic rings. The molecule has 3 N–H and O–H groups in total. The second-order valence-electron chi connectivity index (χ2n) is 4.64. The van der Waals surface area contributed by atoms with Crippen LogP contribution in [0.5, 0.6) is 0 Å². The molecule has 0 heterocycles. The SMILES string of the molecule is Nc1ccc(F)cc1S(=O)(=O)NC1CCCCC1. The Morgan fingerprint density at radius 1 is 1.22 bits per heavy atom. The van der Waals surface area contributed by atoms with Gasteiger partial charge in [0.15, 0.2) is 0 Å². The molecule has 0 radical (unpaired) electrons. The summed E-state index contributed by atoms with van der Waals surface area (Å²) in [5.74, 6) is -0.604. The number of rotatable bonds is 3. The van der Waals surface area contributed by atoms with Crippen molar-refractivity contribution in [3.8, 4) is 0 Å². The molecule has 1 fully saturated rings. The van der Waals surface area contributed by atoms with E-state index in [9.17, 15) is 12.8 Å². The van der Waals surface area contributed by atoms with Crippen molar-refractivity contribution in [2.75, 3.05) is 5.73 Å². The molecule has 0 unspecified atom stereocenters. The Balaban J connectivity index is 2.21. The van der Waals surface area contributed by atoms with Gasteiger partial charge in [-0.15, -0.1) is 0 Å². The fourth-order valence-electron chi connectivity index (χ4n) is 2.24. The molecule has 0 amide bonds. The summed E-state index contributed by atoms with van der Waals surface area (Å²) in [6, 6.07) is 3.31. The minimum atomic E-state index is -3.73. The largest absolute Gasteiger partial charge is 0.398 e.